The van der Waals surface area contributed by atoms with Crippen LogP contribution in [0.5, 0.6) is 5.75 Å². The van der Waals surface area contributed by atoms with Gasteiger partial charge >= 0.3 is 5.97 Å². The van der Waals surface area contributed by atoms with Crippen molar-refractivity contribution >= 4 is 40.5 Å². The van der Waals surface area contributed by atoms with Crippen LogP contribution in [0.2, 0.25) is 5.02 Å². The first-order valence-electron chi connectivity index (χ1n) is 8.68. The molecule has 8 heteroatoms. The van der Waals surface area contributed by atoms with Crippen LogP contribution in [0.25, 0.3) is 0 Å². The standard InChI is InChI=1S/C20H19ClFNO4S/c1-3-26-17(24)10-16-20(28)23-15-8-7-11(21)9-13(15)18(27-16)12-5-4-6-14(22)19(12)25-2/h4-9,16,18H,3,10H2,1-2H3,(H,23,28)/t16-,18-/m0/s1. The third kappa shape index (κ3) is 4.27. The first-order chi connectivity index (χ1) is 13.4. The monoisotopic (exact) mass is 423 g/mol. The fourth-order valence-electron chi connectivity index (χ4n) is 3.08. The maximum atomic E-state index is 14.3. The molecule has 0 saturated heterocycles. The summed E-state index contributed by atoms with van der Waals surface area (Å²) in [5.41, 5.74) is 1.79. The highest BCUT2D eigenvalue weighted by atomic mass is 35.5. The first-order valence-corrected chi connectivity index (χ1v) is 9.47. The SMILES string of the molecule is CCOC(=O)C[C@@H]1O[C@@H](c2cccc(F)c2OC)c2cc(Cl)ccc2NC1=S. The van der Waals surface area contributed by atoms with E-state index in [4.69, 9.17) is 38.0 Å². The highest BCUT2D eigenvalue weighted by molar-refractivity contribution is 7.80. The summed E-state index contributed by atoms with van der Waals surface area (Å²) in [6.07, 6.45) is -1.60. The van der Waals surface area contributed by atoms with Gasteiger partial charge < -0.3 is 19.5 Å². The zero-order chi connectivity index (χ0) is 20.3. The summed E-state index contributed by atoms with van der Waals surface area (Å²) in [4.78, 5) is 12.3. The molecule has 148 valence electrons. The number of nitrogens with one attached hydrogen (secondary N) is 1. The Hall–Kier alpha value is -2.22. The molecule has 1 N–H and O–H groups in total. The molecular formula is C20H19ClFNO4S. The van der Waals surface area contributed by atoms with Crippen LogP contribution in [-0.2, 0) is 14.3 Å². The molecule has 0 fully saturated rings. The lowest BCUT2D eigenvalue weighted by Gasteiger charge is -2.24. The number of carbonyl (C=O) groups is 1. The molecule has 0 unspecified atom stereocenters. The van der Waals surface area contributed by atoms with E-state index in [-0.39, 0.29) is 18.8 Å². The minimum atomic E-state index is -0.766. The van der Waals surface area contributed by atoms with Crippen molar-refractivity contribution in [2.75, 3.05) is 19.0 Å². The molecule has 3 rings (SSSR count). The second-order valence-electron chi connectivity index (χ2n) is 6.10. The predicted molar refractivity (Wildman–Crippen MR) is 109 cm³/mol. The summed E-state index contributed by atoms with van der Waals surface area (Å²) in [5.74, 6) is -0.902. The summed E-state index contributed by atoms with van der Waals surface area (Å²) in [7, 11) is 1.39. The molecule has 28 heavy (non-hydrogen) atoms. The molecule has 0 amide bonds. The summed E-state index contributed by atoms with van der Waals surface area (Å²) in [5, 5.41) is 3.59. The maximum Gasteiger partial charge on any atom is 0.308 e. The molecule has 0 spiro atoms. The van der Waals surface area contributed by atoms with E-state index in [0.29, 0.717) is 26.8 Å². The largest absolute Gasteiger partial charge is 0.493 e. The van der Waals surface area contributed by atoms with E-state index in [1.807, 2.05) is 0 Å². The number of carbonyl (C=O) groups excluding carboxylic acids is 1. The molecule has 2 aromatic carbocycles. The molecule has 2 atom stereocenters. The number of anilines is 1. The van der Waals surface area contributed by atoms with Crippen LogP contribution in [0.4, 0.5) is 10.1 Å². The fourth-order valence-corrected chi connectivity index (χ4v) is 3.51. The van der Waals surface area contributed by atoms with Crippen LogP contribution in [0.1, 0.15) is 30.6 Å². The van der Waals surface area contributed by atoms with Gasteiger partial charge in [-0.3, -0.25) is 4.79 Å². The molecule has 5 nitrogen and oxygen atoms in total. The summed E-state index contributed by atoms with van der Waals surface area (Å²) in [6, 6.07) is 9.76. The Labute approximate surface area is 172 Å². The van der Waals surface area contributed by atoms with Crippen LogP contribution in [-0.4, -0.2) is 30.8 Å². The number of benzene rings is 2. The molecule has 2 aromatic rings. The second-order valence-corrected chi connectivity index (χ2v) is 6.97. The third-order valence-corrected chi connectivity index (χ3v) is 4.89. The molecule has 0 saturated carbocycles. The summed E-state index contributed by atoms with van der Waals surface area (Å²) < 4.78 is 30.8. The predicted octanol–water partition coefficient (Wildman–Crippen LogP) is 4.67. The summed E-state index contributed by atoms with van der Waals surface area (Å²) >= 11 is 11.6. The Morgan fingerprint density at radius 1 is 1.32 bits per heavy atom. The fraction of sp³-hybridized carbons (Fsp3) is 0.300. The van der Waals surface area contributed by atoms with Gasteiger partial charge in [0.2, 0.25) is 0 Å². The van der Waals surface area contributed by atoms with Crippen LogP contribution in [0, 0.1) is 5.82 Å². The van der Waals surface area contributed by atoms with Crippen LogP contribution < -0.4 is 10.1 Å². The van der Waals surface area contributed by atoms with Gasteiger partial charge in [-0.25, -0.2) is 4.39 Å². The minimum Gasteiger partial charge on any atom is -0.493 e. The minimum absolute atomic E-state index is 0.0566. The van der Waals surface area contributed by atoms with Gasteiger partial charge in [0.1, 0.15) is 17.2 Å². The highest BCUT2D eigenvalue weighted by Crippen LogP contribution is 2.41. The Balaban J connectivity index is 2.09. The first kappa shape index (κ1) is 20.5. The molecule has 0 bridgehead atoms. The Morgan fingerprint density at radius 3 is 2.82 bits per heavy atom. The Bertz CT molecular complexity index is 908. The van der Waals surface area contributed by atoms with Crippen LogP contribution in [0.3, 0.4) is 0 Å². The number of ether oxygens (including phenoxy) is 3. The van der Waals surface area contributed by atoms with Crippen molar-refractivity contribution < 1.29 is 23.4 Å². The molecule has 1 aliphatic rings. The molecule has 1 heterocycles. The Morgan fingerprint density at radius 2 is 2.11 bits per heavy atom. The number of halogens is 2. The van der Waals surface area contributed by atoms with Gasteiger partial charge in [0.25, 0.3) is 0 Å². The van der Waals surface area contributed by atoms with Gasteiger partial charge in [0.15, 0.2) is 11.6 Å². The molecule has 1 aliphatic heterocycles. The smallest absolute Gasteiger partial charge is 0.308 e. The highest BCUT2D eigenvalue weighted by Gasteiger charge is 2.33. The van der Waals surface area contributed by atoms with Crippen LogP contribution >= 0.6 is 23.8 Å². The molecule has 0 aromatic heterocycles. The topological polar surface area (TPSA) is 56.8 Å². The van der Waals surface area contributed by atoms with E-state index in [9.17, 15) is 9.18 Å². The lowest BCUT2D eigenvalue weighted by molar-refractivity contribution is -0.145. The molecule has 0 aliphatic carbocycles. The van der Waals surface area contributed by atoms with E-state index in [0.717, 1.165) is 0 Å². The van der Waals surface area contributed by atoms with Crippen molar-refractivity contribution in [3.8, 4) is 5.75 Å². The normalized spacial score (nSPS) is 18.6. The van der Waals surface area contributed by atoms with E-state index < -0.39 is 24.0 Å². The van der Waals surface area contributed by atoms with E-state index in [1.165, 1.54) is 13.2 Å². The third-order valence-electron chi connectivity index (χ3n) is 4.29. The lowest BCUT2D eigenvalue weighted by atomic mass is 9.98. The van der Waals surface area contributed by atoms with E-state index in [2.05, 4.69) is 5.32 Å². The van der Waals surface area contributed by atoms with E-state index >= 15 is 0 Å². The van der Waals surface area contributed by atoms with Crippen molar-refractivity contribution in [1.29, 1.82) is 0 Å². The maximum absolute atomic E-state index is 14.3. The van der Waals surface area contributed by atoms with E-state index in [1.54, 1.807) is 37.3 Å². The van der Waals surface area contributed by atoms with Crippen molar-refractivity contribution in [1.82, 2.24) is 0 Å². The van der Waals surface area contributed by atoms with Gasteiger partial charge in [0.05, 0.1) is 20.1 Å². The number of hydrogen-bond donors (Lipinski definition) is 1. The zero-order valence-corrected chi connectivity index (χ0v) is 16.9. The molecule has 0 radical (unpaired) electrons. The lowest BCUT2D eigenvalue weighted by Crippen LogP contribution is -2.31. The number of rotatable bonds is 5. The quantitative estimate of drug-likeness (QED) is 0.557. The van der Waals surface area contributed by atoms with Crippen molar-refractivity contribution in [3.63, 3.8) is 0 Å². The number of methoxy groups -OCH3 is 1. The number of fused-ring (bicyclic) bond motifs is 1. The van der Waals surface area contributed by atoms with Crippen molar-refractivity contribution in [3.05, 3.63) is 58.4 Å². The van der Waals surface area contributed by atoms with Gasteiger partial charge in [-0.2, -0.15) is 0 Å². The van der Waals surface area contributed by atoms with Crippen LogP contribution in [0.15, 0.2) is 36.4 Å². The second kappa shape index (κ2) is 8.86. The average Bonchev–Trinajstić information content (AvgIpc) is 2.78. The number of hydrogen-bond acceptors (Lipinski definition) is 5. The zero-order valence-electron chi connectivity index (χ0n) is 15.3. The van der Waals surface area contributed by atoms with Gasteiger partial charge in [-0.05, 0) is 31.2 Å². The number of para-hydroxylation sites is 1. The molecular weight excluding hydrogens is 405 g/mol. The van der Waals surface area contributed by atoms with Gasteiger partial charge in [-0.15, -0.1) is 0 Å². The van der Waals surface area contributed by atoms with Crippen molar-refractivity contribution in [2.24, 2.45) is 0 Å². The average molecular weight is 424 g/mol. The van der Waals surface area contributed by atoms with Crippen molar-refractivity contribution in [2.45, 2.75) is 25.6 Å². The number of thiocarbonyl (C=S) groups is 1. The number of esters is 1. The Kier molecular flexibility index (Phi) is 6.49. The summed E-state index contributed by atoms with van der Waals surface area (Å²) in [6.45, 7) is 1.98. The van der Waals surface area contributed by atoms with Gasteiger partial charge in [-0.1, -0.05) is 36.0 Å². The van der Waals surface area contributed by atoms with Gasteiger partial charge in [0, 0.05) is 21.8 Å².